The summed E-state index contributed by atoms with van der Waals surface area (Å²) in [6.07, 6.45) is 3.03. The average molecular weight is 431 g/mol. The van der Waals surface area contributed by atoms with E-state index in [1.165, 1.54) is 10.9 Å². The fourth-order valence-corrected chi connectivity index (χ4v) is 4.82. The highest BCUT2D eigenvalue weighted by Gasteiger charge is 2.58. The van der Waals surface area contributed by atoms with Gasteiger partial charge < -0.3 is 14.0 Å². The number of benzene rings is 1. The van der Waals surface area contributed by atoms with Crippen LogP contribution in [-0.2, 0) is 13.6 Å². The number of carbonyl (C=O) groups excluding carboxylic acids is 1. The van der Waals surface area contributed by atoms with Crippen molar-refractivity contribution < 1.29 is 9.32 Å². The van der Waals surface area contributed by atoms with Crippen molar-refractivity contribution >= 4 is 22.6 Å². The van der Waals surface area contributed by atoms with Gasteiger partial charge in [0, 0.05) is 37.3 Å². The Morgan fingerprint density at radius 1 is 1.12 bits per heavy atom. The Labute approximate surface area is 182 Å². The van der Waals surface area contributed by atoms with Gasteiger partial charge in [-0.1, -0.05) is 5.16 Å². The first-order valence-corrected chi connectivity index (χ1v) is 10.5. The van der Waals surface area contributed by atoms with Gasteiger partial charge >= 0.3 is 0 Å². The van der Waals surface area contributed by atoms with Gasteiger partial charge in [0.1, 0.15) is 12.9 Å². The molecule has 1 aromatic carbocycles. The number of hydrogen-bond donors (Lipinski definition) is 0. The molecule has 4 aromatic rings. The maximum Gasteiger partial charge on any atom is 0.280 e. The molecule has 0 spiro atoms. The van der Waals surface area contributed by atoms with E-state index in [4.69, 9.17) is 4.52 Å². The SMILES string of the molecule is CC(=O)c1ccc(N2C[C@@H]3C(c4noc(Cn5cnc6ncn(C)c6c5=O)n4)[C@@H]3C2)cc1. The molecule has 6 rings (SSSR count). The minimum Gasteiger partial charge on any atom is -0.371 e. The average Bonchev–Trinajstić information content (AvgIpc) is 3.21. The molecule has 1 saturated carbocycles. The van der Waals surface area contributed by atoms with Crippen LogP contribution < -0.4 is 10.5 Å². The molecule has 3 aromatic heterocycles. The molecule has 1 unspecified atom stereocenters. The second kappa shape index (κ2) is 6.84. The van der Waals surface area contributed by atoms with Crippen molar-refractivity contribution in [1.82, 2.24) is 29.2 Å². The van der Waals surface area contributed by atoms with Gasteiger partial charge in [-0.25, -0.2) is 9.97 Å². The third kappa shape index (κ3) is 2.94. The molecule has 3 atom stereocenters. The Morgan fingerprint density at radius 3 is 2.56 bits per heavy atom. The molecule has 10 heteroatoms. The molecule has 2 aliphatic rings. The van der Waals surface area contributed by atoms with Crippen LogP contribution in [0.25, 0.3) is 11.2 Å². The fraction of sp³-hybridized carbons (Fsp3) is 0.364. The number of Topliss-reactive ketones (excluding diaryl/α,β-unsaturated/α-hetero) is 1. The number of hydrogen-bond acceptors (Lipinski definition) is 8. The largest absolute Gasteiger partial charge is 0.371 e. The van der Waals surface area contributed by atoms with Gasteiger partial charge in [-0.15, -0.1) is 0 Å². The van der Waals surface area contributed by atoms with Crippen LogP contribution in [0.15, 0.2) is 46.2 Å². The van der Waals surface area contributed by atoms with Crippen LogP contribution in [0.3, 0.4) is 0 Å². The van der Waals surface area contributed by atoms with E-state index in [-0.39, 0.29) is 23.8 Å². The van der Waals surface area contributed by atoms with Crippen LogP contribution >= 0.6 is 0 Å². The molecule has 32 heavy (non-hydrogen) atoms. The molecular weight excluding hydrogens is 410 g/mol. The number of carbonyl (C=O) groups is 1. The Balaban J connectivity index is 1.14. The normalized spacial score (nSPS) is 21.8. The van der Waals surface area contributed by atoms with Crippen molar-refractivity contribution in [2.45, 2.75) is 19.4 Å². The quantitative estimate of drug-likeness (QED) is 0.438. The van der Waals surface area contributed by atoms with E-state index < -0.39 is 0 Å². The fourth-order valence-electron chi connectivity index (χ4n) is 4.82. The van der Waals surface area contributed by atoms with Crippen LogP contribution in [0.1, 0.15) is 34.9 Å². The number of anilines is 1. The van der Waals surface area contributed by atoms with Crippen LogP contribution in [0.4, 0.5) is 5.69 Å². The molecule has 2 fully saturated rings. The molecule has 1 aliphatic carbocycles. The molecule has 1 saturated heterocycles. The molecule has 162 valence electrons. The van der Waals surface area contributed by atoms with Crippen LogP contribution in [0, 0.1) is 11.8 Å². The summed E-state index contributed by atoms with van der Waals surface area (Å²) in [5.41, 5.74) is 2.54. The van der Waals surface area contributed by atoms with Crippen molar-refractivity contribution in [1.29, 1.82) is 0 Å². The van der Waals surface area contributed by atoms with Gasteiger partial charge in [-0.3, -0.25) is 14.2 Å². The first-order chi connectivity index (χ1) is 15.5. The molecule has 4 heterocycles. The monoisotopic (exact) mass is 431 g/mol. The van der Waals surface area contributed by atoms with E-state index in [1.54, 1.807) is 24.9 Å². The zero-order valence-electron chi connectivity index (χ0n) is 17.7. The first-order valence-electron chi connectivity index (χ1n) is 10.5. The van der Waals surface area contributed by atoms with Crippen molar-refractivity contribution in [3.05, 3.63) is 64.6 Å². The molecule has 0 bridgehead atoms. The topological polar surface area (TPSA) is 112 Å². The third-order valence-corrected chi connectivity index (χ3v) is 6.62. The summed E-state index contributed by atoms with van der Waals surface area (Å²) in [5, 5.41) is 4.19. The summed E-state index contributed by atoms with van der Waals surface area (Å²) in [6, 6.07) is 7.77. The number of ketones is 1. The van der Waals surface area contributed by atoms with E-state index in [0.29, 0.717) is 34.7 Å². The smallest absolute Gasteiger partial charge is 0.280 e. The lowest BCUT2D eigenvalue weighted by atomic mass is 10.1. The number of aromatic nitrogens is 6. The highest BCUT2D eigenvalue weighted by Crippen LogP contribution is 2.57. The lowest BCUT2D eigenvalue weighted by molar-refractivity contribution is 0.101. The number of piperidine rings is 1. The Bertz CT molecular complexity index is 1390. The summed E-state index contributed by atoms with van der Waals surface area (Å²) in [4.78, 5) is 39.4. The van der Waals surface area contributed by atoms with Crippen molar-refractivity contribution in [2.75, 3.05) is 18.0 Å². The summed E-state index contributed by atoms with van der Waals surface area (Å²) in [7, 11) is 1.76. The standard InChI is InChI=1S/C22H21N7O3/c1-12(30)13-3-5-14(6-4-13)28-7-15-16(8-28)18(15)20-25-17(32-26-20)9-29-11-24-21-19(22(29)31)27(2)10-23-21/h3-6,10-11,15-16,18H,7-9H2,1-2H3/t15-,16+,18?. The maximum atomic E-state index is 12.7. The first kappa shape index (κ1) is 18.9. The summed E-state index contributed by atoms with van der Waals surface area (Å²) >= 11 is 0. The molecule has 0 N–H and O–H groups in total. The van der Waals surface area contributed by atoms with E-state index >= 15 is 0 Å². The van der Waals surface area contributed by atoms with E-state index in [2.05, 4.69) is 25.0 Å². The van der Waals surface area contributed by atoms with Crippen molar-refractivity contribution in [2.24, 2.45) is 18.9 Å². The lowest BCUT2D eigenvalue weighted by Crippen LogP contribution is -2.24. The number of aryl methyl sites for hydroxylation is 1. The molecular formula is C22H21N7O3. The second-order valence-corrected chi connectivity index (χ2v) is 8.61. The van der Waals surface area contributed by atoms with Crippen LogP contribution in [-0.4, -0.2) is 48.1 Å². The van der Waals surface area contributed by atoms with Crippen molar-refractivity contribution in [3.8, 4) is 0 Å². The number of fused-ring (bicyclic) bond motifs is 2. The highest BCUT2D eigenvalue weighted by molar-refractivity contribution is 5.94. The number of rotatable bonds is 5. The Hall–Kier alpha value is -3.82. The molecule has 0 radical (unpaired) electrons. The predicted molar refractivity (Wildman–Crippen MR) is 115 cm³/mol. The minimum atomic E-state index is -0.190. The maximum absolute atomic E-state index is 12.7. The van der Waals surface area contributed by atoms with E-state index in [1.807, 2.05) is 24.3 Å². The predicted octanol–water partition coefficient (Wildman–Crippen LogP) is 1.61. The summed E-state index contributed by atoms with van der Waals surface area (Å²) in [6.45, 7) is 3.61. The van der Waals surface area contributed by atoms with Crippen LogP contribution in [0.5, 0.6) is 0 Å². The molecule has 1 aliphatic heterocycles. The number of imidazole rings is 1. The lowest BCUT2D eigenvalue weighted by Gasteiger charge is -2.21. The number of nitrogens with zero attached hydrogens (tertiary/aromatic N) is 7. The van der Waals surface area contributed by atoms with E-state index in [9.17, 15) is 9.59 Å². The van der Waals surface area contributed by atoms with Gasteiger partial charge in [0.2, 0.25) is 5.89 Å². The third-order valence-electron chi connectivity index (χ3n) is 6.62. The van der Waals surface area contributed by atoms with E-state index in [0.717, 1.165) is 24.3 Å². The Morgan fingerprint density at radius 2 is 1.84 bits per heavy atom. The van der Waals surface area contributed by atoms with Crippen molar-refractivity contribution in [3.63, 3.8) is 0 Å². The highest BCUT2D eigenvalue weighted by atomic mass is 16.5. The van der Waals surface area contributed by atoms with Gasteiger partial charge in [0.15, 0.2) is 22.8 Å². The second-order valence-electron chi connectivity index (χ2n) is 8.61. The summed E-state index contributed by atoms with van der Waals surface area (Å²) in [5.74, 6) is 2.45. The van der Waals surface area contributed by atoms with Gasteiger partial charge in [-0.05, 0) is 43.0 Å². The van der Waals surface area contributed by atoms with Gasteiger partial charge in [-0.2, -0.15) is 4.98 Å². The molecule has 10 nitrogen and oxygen atoms in total. The zero-order valence-corrected chi connectivity index (χ0v) is 17.7. The zero-order chi connectivity index (χ0) is 22.0. The summed E-state index contributed by atoms with van der Waals surface area (Å²) < 4.78 is 8.56. The minimum absolute atomic E-state index is 0.0760. The van der Waals surface area contributed by atoms with Gasteiger partial charge in [0.05, 0.1) is 6.33 Å². The van der Waals surface area contributed by atoms with Gasteiger partial charge in [0.25, 0.3) is 5.56 Å². The molecule has 0 amide bonds. The Kier molecular flexibility index (Phi) is 4.04. The van der Waals surface area contributed by atoms with Crippen LogP contribution in [0.2, 0.25) is 0 Å².